The van der Waals surface area contributed by atoms with Crippen molar-refractivity contribution in [3.05, 3.63) is 0 Å². The number of carbonyl (C=O) groups is 2. The zero-order valence-corrected chi connectivity index (χ0v) is 9.89. The minimum atomic E-state index is -0.628. The third-order valence-corrected chi connectivity index (χ3v) is 1.51. The number of hydrogen-bond acceptors (Lipinski definition) is 4. The number of ether oxygens (including phenoxy) is 2. The standard InChI is InChI=1S/C9H16ClNO4/c1-9(2,3)7(12)14-5-4-11-8(13)15-6-10/h4-6H2,1-3H3,(H,11,13). The van der Waals surface area contributed by atoms with Crippen molar-refractivity contribution in [1.82, 2.24) is 5.32 Å². The summed E-state index contributed by atoms with van der Waals surface area (Å²) >= 11 is 5.15. The SMILES string of the molecule is CC(C)(C)C(=O)OCCNC(=O)OCCl. The number of alkyl halides is 1. The molecule has 1 N–H and O–H groups in total. The van der Waals surface area contributed by atoms with Crippen molar-refractivity contribution in [3.63, 3.8) is 0 Å². The van der Waals surface area contributed by atoms with Gasteiger partial charge in [-0.1, -0.05) is 11.6 Å². The smallest absolute Gasteiger partial charge is 0.408 e. The Morgan fingerprint density at radius 2 is 1.87 bits per heavy atom. The number of alkyl carbamates (subject to hydrolysis) is 1. The molecule has 0 bridgehead atoms. The normalized spacial score (nSPS) is 10.7. The van der Waals surface area contributed by atoms with Crippen LogP contribution in [0.2, 0.25) is 0 Å². The second-order valence-electron chi connectivity index (χ2n) is 3.85. The first-order chi connectivity index (χ1) is 6.88. The molecule has 0 unspecified atom stereocenters. The number of amides is 1. The Hall–Kier alpha value is -0.970. The van der Waals surface area contributed by atoms with Crippen LogP contribution in [0.25, 0.3) is 0 Å². The van der Waals surface area contributed by atoms with Crippen molar-refractivity contribution >= 4 is 23.7 Å². The molecule has 0 fully saturated rings. The summed E-state index contributed by atoms with van der Waals surface area (Å²) in [6, 6.07) is -0.201. The molecule has 5 nitrogen and oxygen atoms in total. The summed E-state index contributed by atoms with van der Waals surface area (Å²) in [6.45, 7) is 5.59. The molecule has 0 aromatic carbocycles. The molecule has 0 aliphatic rings. The molecule has 0 saturated carbocycles. The maximum Gasteiger partial charge on any atom is 0.408 e. The van der Waals surface area contributed by atoms with Crippen LogP contribution in [0.5, 0.6) is 0 Å². The van der Waals surface area contributed by atoms with E-state index in [0.717, 1.165) is 0 Å². The van der Waals surface area contributed by atoms with Gasteiger partial charge in [0.15, 0.2) is 6.07 Å². The third-order valence-electron chi connectivity index (χ3n) is 1.40. The lowest BCUT2D eigenvalue weighted by Gasteiger charge is -2.16. The van der Waals surface area contributed by atoms with Gasteiger partial charge in [-0.15, -0.1) is 0 Å². The van der Waals surface area contributed by atoms with Gasteiger partial charge in [0.05, 0.1) is 12.0 Å². The van der Waals surface area contributed by atoms with E-state index in [-0.39, 0.29) is 25.2 Å². The lowest BCUT2D eigenvalue weighted by molar-refractivity contribution is -0.152. The zero-order chi connectivity index (χ0) is 11.9. The fourth-order valence-corrected chi connectivity index (χ4v) is 0.713. The van der Waals surface area contributed by atoms with Gasteiger partial charge >= 0.3 is 12.1 Å². The van der Waals surface area contributed by atoms with Gasteiger partial charge in [0.1, 0.15) is 6.61 Å². The van der Waals surface area contributed by atoms with Gasteiger partial charge in [0, 0.05) is 0 Å². The van der Waals surface area contributed by atoms with E-state index in [0.29, 0.717) is 0 Å². The molecule has 6 heteroatoms. The molecule has 0 heterocycles. The monoisotopic (exact) mass is 237 g/mol. The van der Waals surface area contributed by atoms with Crippen LogP contribution in [0.15, 0.2) is 0 Å². The average Bonchev–Trinajstić information content (AvgIpc) is 2.11. The molecular formula is C9H16ClNO4. The van der Waals surface area contributed by atoms with Gasteiger partial charge in [-0.25, -0.2) is 4.79 Å². The quantitative estimate of drug-likeness (QED) is 0.457. The highest BCUT2D eigenvalue weighted by Gasteiger charge is 2.22. The second kappa shape index (κ2) is 6.50. The summed E-state index contributed by atoms with van der Waals surface area (Å²) in [5.74, 6) is -0.310. The van der Waals surface area contributed by atoms with Crippen molar-refractivity contribution in [2.24, 2.45) is 5.41 Å². The Morgan fingerprint density at radius 1 is 1.27 bits per heavy atom. The summed E-state index contributed by atoms with van der Waals surface area (Å²) in [5, 5.41) is 2.37. The highest BCUT2D eigenvalue weighted by molar-refractivity contribution is 6.17. The maximum absolute atomic E-state index is 11.2. The fourth-order valence-electron chi connectivity index (χ4n) is 0.614. The summed E-state index contributed by atoms with van der Waals surface area (Å²) in [4.78, 5) is 22.0. The second-order valence-corrected chi connectivity index (χ2v) is 4.07. The Labute approximate surface area is 94.1 Å². The van der Waals surface area contributed by atoms with Gasteiger partial charge in [0.25, 0.3) is 0 Å². The van der Waals surface area contributed by atoms with Crippen LogP contribution < -0.4 is 5.32 Å². The number of carbonyl (C=O) groups excluding carboxylic acids is 2. The summed E-state index contributed by atoms with van der Waals surface area (Å²) in [6.07, 6.45) is -0.628. The molecule has 1 amide bonds. The van der Waals surface area contributed by atoms with Crippen molar-refractivity contribution < 1.29 is 19.1 Å². The van der Waals surface area contributed by atoms with Crippen molar-refractivity contribution in [2.75, 3.05) is 19.2 Å². The minimum absolute atomic E-state index is 0.119. The van der Waals surface area contributed by atoms with E-state index in [1.807, 2.05) is 0 Å². The molecule has 0 rings (SSSR count). The molecule has 0 aliphatic carbocycles. The maximum atomic E-state index is 11.2. The van der Waals surface area contributed by atoms with Crippen molar-refractivity contribution in [3.8, 4) is 0 Å². The highest BCUT2D eigenvalue weighted by atomic mass is 35.5. The molecule has 0 spiro atoms. The van der Waals surface area contributed by atoms with Crippen LogP contribution in [0, 0.1) is 5.41 Å². The summed E-state index contributed by atoms with van der Waals surface area (Å²) < 4.78 is 9.28. The first-order valence-corrected chi connectivity index (χ1v) is 5.05. The van der Waals surface area contributed by atoms with Crippen LogP contribution in [0.3, 0.4) is 0 Å². The molecular weight excluding hydrogens is 222 g/mol. The van der Waals surface area contributed by atoms with E-state index in [9.17, 15) is 9.59 Å². The van der Waals surface area contributed by atoms with E-state index in [1.165, 1.54) is 0 Å². The Balaban J connectivity index is 3.55. The number of hydrogen-bond donors (Lipinski definition) is 1. The molecule has 88 valence electrons. The van der Waals surface area contributed by atoms with Crippen LogP contribution >= 0.6 is 11.6 Å². The largest absolute Gasteiger partial charge is 0.463 e. The molecule has 0 aromatic rings. The molecule has 0 atom stereocenters. The van der Waals surface area contributed by atoms with Crippen molar-refractivity contribution in [1.29, 1.82) is 0 Å². The number of rotatable bonds is 4. The molecule has 0 saturated heterocycles. The lowest BCUT2D eigenvalue weighted by Crippen LogP contribution is -2.30. The van der Waals surface area contributed by atoms with Gasteiger partial charge in [-0.2, -0.15) is 0 Å². The van der Waals surface area contributed by atoms with E-state index in [2.05, 4.69) is 10.1 Å². The third kappa shape index (κ3) is 7.02. The first kappa shape index (κ1) is 14.0. The van der Waals surface area contributed by atoms with Crippen LogP contribution in [0.4, 0.5) is 4.79 Å². The Morgan fingerprint density at radius 3 is 2.33 bits per heavy atom. The predicted molar refractivity (Wildman–Crippen MR) is 55.6 cm³/mol. The van der Waals surface area contributed by atoms with Crippen LogP contribution in [-0.2, 0) is 14.3 Å². The van der Waals surface area contributed by atoms with Crippen LogP contribution in [-0.4, -0.2) is 31.3 Å². The fraction of sp³-hybridized carbons (Fsp3) is 0.778. The van der Waals surface area contributed by atoms with E-state index >= 15 is 0 Å². The van der Waals surface area contributed by atoms with E-state index in [1.54, 1.807) is 20.8 Å². The van der Waals surface area contributed by atoms with Gasteiger partial charge in [-0.3, -0.25) is 4.79 Å². The molecule has 0 aromatic heterocycles. The number of nitrogens with one attached hydrogen (secondary N) is 1. The average molecular weight is 238 g/mol. The topological polar surface area (TPSA) is 64.6 Å². The first-order valence-electron chi connectivity index (χ1n) is 4.51. The van der Waals surface area contributed by atoms with Crippen LogP contribution in [0.1, 0.15) is 20.8 Å². The minimum Gasteiger partial charge on any atom is -0.463 e. The number of esters is 1. The van der Waals surface area contributed by atoms with E-state index < -0.39 is 11.5 Å². The van der Waals surface area contributed by atoms with Gasteiger partial charge in [0.2, 0.25) is 0 Å². The highest BCUT2D eigenvalue weighted by Crippen LogP contribution is 2.14. The number of halogens is 1. The van der Waals surface area contributed by atoms with E-state index in [4.69, 9.17) is 16.3 Å². The van der Waals surface area contributed by atoms with Crippen molar-refractivity contribution in [2.45, 2.75) is 20.8 Å². The zero-order valence-electron chi connectivity index (χ0n) is 9.13. The van der Waals surface area contributed by atoms with Gasteiger partial charge in [-0.05, 0) is 20.8 Å². The Kier molecular flexibility index (Phi) is 6.08. The summed E-state index contributed by atoms with van der Waals surface area (Å²) in [7, 11) is 0. The molecule has 0 aliphatic heterocycles. The lowest BCUT2D eigenvalue weighted by atomic mass is 9.97. The Bertz CT molecular complexity index is 225. The molecule has 15 heavy (non-hydrogen) atoms. The summed E-state index contributed by atoms with van der Waals surface area (Å²) in [5.41, 5.74) is -0.531. The predicted octanol–water partition coefficient (Wildman–Crippen LogP) is 1.50. The van der Waals surface area contributed by atoms with Gasteiger partial charge < -0.3 is 14.8 Å². The molecule has 0 radical (unpaired) electrons.